The van der Waals surface area contributed by atoms with Gasteiger partial charge in [0.2, 0.25) is 0 Å². The fraction of sp³-hybridized carbons (Fsp3) is 0.412. The summed E-state index contributed by atoms with van der Waals surface area (Å²) in [5.74, 6) is -0.256. The third-order valence-corrected chi connectivity index (χ3v) is 3.18. The van der Waals surface area contributed by atoms with Crippen molar-refractivity contribution in [1.82, 2.24) is 15.4 Å². The van der Waals surface area contributed by atoms with E-state index in [1.165, 1.54) is 0 Å². The van der Waals surface area contributed by atoms with E-state index in [-0.39, 0.29) is 25.5 Å². The molecule has 9 heteroatoms. The highest BCUT2D eigenvalue weighted by atomic mass is 16.6. The molecule has 140 valence electrons. The zero-order chi connectivity index (χ0) is 18.9. The molecule has 0 aliphatic heterocycles. The number of hydrogen-bond acceptors (Lipinski definition) is 8. The van der Waals surface area contributed by atoms with E-state index >= 15 is 0 Å². The lowest BCUT2D eigenvalue weighted by Gasteiger charge is -2.12. The maximum Gasteiger partial charge on any atom is 0.361 e. The lowest BCUT2D eigenvalue weighted by atomic mass is 10.1. The van der Waals surface area contributed by atoms with Gasteiger partial charge in [0, 0.05) is 5.56 Å². The maximum absolute atomic E-state index is 12.0. The molecule has 0 saturated carbocycles. The molecule has 0 saturated heterocycles. The smallest absolute Gasteiger partial charge is 0.361 e. The molecule has 0 radical (unpaired) electrons. The Hall–Kier alpha value is -3.10. The fourth-order valence-corrected chi connectivity index (χ4v) is 2.16. The lowest BCUT2D eigenvalue weighted by molar-refractivity contribution is -0.145. The zero-order valence-electron chi connectivity index (χ0n) is 14.9. The number of benzene rings is 1. The van der Waals surface area contributed by atoms with E-state index in [0.717, 1.165) is 0 Å². The van der Waals surface area contributed by atoms with Crippen LogP contribution in [0.15, 0.2) is 18.2 Å². The summed E-state index contributed by atoms with van der Waals surface area (Å²) in [7, 11) is 0. The monoisotopic (exact) mass is 363 g/mol. The van der Waals surface area contributed by atoms with Crippen LogP contribution in [0.1, 0.15) is 31.3 Å². The van der Waals surface area contributed by atoms with Crippen molar-refractivity contribution in [1.29, 1.82) is 0 Å². The number of ether oxygens (including phenoxy) is 4. The second-order valence-electron chi connectivity index (χ2n) is 4.93. The van der Waals surface area contributed by atoms with Gasteiger partial charge in [0.05, 0.1) is 19.8 Å². The molecular formula is C17H21N3O6. The molecule has 0 aliphatic carbocycles. The molecule has 1 N–H and O–H groups in total. The van der Waals surface area contributed by atoms with Gasteiger partial charge in [-0.25, -0.2) is 9.59 Å². The first kappa shape index (κ1) is 19.2. The molecule has 0 unspecified atom stereocenters. The number of hydrogen-bond donors (Lipinski definition) is 1. The Morgan fingerprint density at radius 3 is 2.42 bits per heavy atom. The Morgan fingerprint density at radius 2 is 1.73 bits per heavy atom. The summed E-state index contributed by atoms with van der Waals surface area (Å²) in [6.07, 6.45) is 0. The van der Waals surface area contributed by atoms with Gasteiger partial charge in [0.1, 0.15) is 5.69 Å². The average Bonchev–Trinajstić information content (AvgIpc) is 3.11. The van der Waals surface area contributed by atoms with Crippen molar-refractivity contribution >= 4 is 11.9 Å². The number of H-pyrrole nitrogens is 1. The van der Waals surface area contributed by atoms with Crippen LogP contribution in [0.25, 0.3) is 11.3 Å². The standard InChI is InChI=1S/C17H21N3O6/c1-4-23-13-9-11(7-8-12(13)26-10-14(21)24-5-2)15-16(19-20-18-15)17(22)25-6-3/h7-9H,4-6,10H2,1-3H3,(H,18,19,20). The Bertz CT molecular complexity index is 759. The number of nitrogens with one attached hydrogen (secondary N) is 1. The van der Waals surface area contributed by atoms with Gasteiger partial charge in [-0.2, -0.15) is 10.3 Å². The van der Waals surface area contributed by atoms with Crippen LogP contribution in [0.5, 0.6) is 11.5 Å². The molecule has 0 bridgehead atoms. The summed E-state index contributed by atoms with van der Waals surface area (Å²) in [6.45, 7) is 5.92. The number of aromatic nitrogens is 3. The highest BCUT2D eigenvalue weighted by Crippen LogP contribution is 2.33. The number of carbonyl (C=O) groups is 2. The topological polar surface area (TPSA) is 113 Å². The van der Waals surface area contributed by atoms with E-state index in [0.29, 0.717) is 29.4 Å². The number of nitrogens with zero attached hydrogens (tertiary/aromatic N) is 2. The van der Waals surface area contributed by atoms with E-state index in [1.807, 2.05) is 6.92 Å². The van der Waals surface area contributed by atoms with Crippen LogP contribution >= 0.6 is 0 Å². The Kier molecular flexibility index (Phi) is 6.95. The van der Waals surface area contributed by atoms with Crippen molar-refractivity contribution in [3.63, 3.8) is 0 Å². The first-order valence-corrected chi connectivity index (χ1v) is 8.24. The van der Waals surface area contributed by atoms with Crippen molar-refractivity contribution in [2.24, 2.45) is 0 Å². The van der Waals surface area contributed by atoms with E-state index in [9.17, 15) is 9.59 Å². The minimum Gasteiger partial charge on any atom is -0.490 e. The zero-order valence-corrected chi connectivity index (χ0v) is 14.9. The van der Waals surface area contributed by atoms with E-state index < -0.39 is 11.9 Å². The van der Waals surface area contributed by atoms with Gasteiger partial charge >= 0.3 is 11.9 Å². The Labute approximate surface area is 150 Å². The largest absolute Gasteiger partial charge is 0.490 e. The summed E-state index contributed by atoms with van der Waals surface area (Å²) in [5.41, 5.74) is 1.00. The van der Waals surface area contributed by atoms with Crippen LogP contribution in [0, 0.1) is 0 Å². The van der Waals surface area contributed by atoms with E-state index in [2.05, 4.69) is 15.4 Å². The van der Waals surface area contributed by atoms with Crippen LogP contribution in [0.2, 0.25) is 0 Å². The quantitative estimate of drug-likeness (QED) is 0.673. The third-order valence-electron chi connectivity index (χ3n) is 3.18. The molecular weight excluding hydrogens is 342 g/mol. The Balaban J connectivity index is 2.27. The summed E-state index contributed by atoms with van der Waals surface area (Å²) in [4.78, 5) is 23.4. The number of carbonyl (C=O) groups excluding carboxylic acids is 2. The molecule has 9 nitrogen and oxygen atoms in total. The summed E-state index contributed by atoms with van der Waals surface area (Å²) >= 11 is 0. The SMILES string of the molecule is CCOC(=O)COc1ccc(-c2n[nH]nc2C(=O)OCC)cc1OCC. The van der Waals surface area contributed by atoms with Crippen molar-refractivity contribution in [2.45, 2.75) is 20.8 Å². The molecule has 2 aromatic rings. The van der Waals surface area contributed by atoms with Gasteiger partial charge in [-0.15, -0.1) is 5.10 Å². The van der Waals surface area contributed by atoms with Gasteiger partial charge in [-0.05, 0) is 39.0 Å². The number of aromatic amines is 1. The van der Waals surface area contributed by atoms with Gasteiger partial charge in [-0.1, -0.05) is 0 Å². The van der Waals surface area contributed by atoms with Crippen LogP contribution in [0.4, 0.5) is 0 Å². The van der Waals surface area contributed by atoms with E-state index in [1.54, 1.807) is 32.0 Å². The summed E-state index contributed by atoms with van der Waals surface area (Å²) in [6, 6.07) is 4.97. The van der Waals surface area contributed by atoms with Crippen LogP contribution in [0.3, 0.4) is 0 Å². The molecule has 1 aromatic carbocycles. The van der Waals surface area contributed by atoms with Crippen LogP contribution in [-0.2, 0) is 14.3 Å². The molecule has 2 rings (SSSR count). The predicted molar refractivity (Wildman–Crippen MR) is 91.1 cm³/mol. The molecule has 0 aliphatic rings. The van der Waals surface area contributed by atoms with Gasteiger partial charge in [0.25, 0.3) is 0 Å². The second kappa shape index (κ2) is 9.40. The molecule has 1 heterocycles. The highest BCUT2D eigenvalue weighted by molar-refractivity contribution is 5.94. The minimum atomic E-state index is -0.572. The molecule has 1 aromatic heterocycles. The molecule has 0 spiro atoms. The number of rotatable bonds is 9. The first-order chi connectivity index (χ1) is 12.6. The molecule has 0 amide bonds. The Morgan fingerprint density at radius 1 is 0.962 bits per heavy atom. The first-order valence-electron chi connectivity index (χ1n) is 8.24. The molecule has 0 atom stereocenters. The number of esters is 2. The fourth-order valence-electron chi connectivity index (χ4n) is 2.16. The maximum atomic E-state index is 12.0. The van der Waals surface area contributed by atoms with Crippen molar-refractivity contribution in [2.75, 3.05) is 26.4 Å². The van der Waals surface area contributed by atoms with Crippen molar-refractivity contribution in [3.8, 4) is 22.8 Å². The minimum absolute atomic E-state index is 0.0782. The molecule has 26 heavy (non-hydrogen) atoms. The van der Waals surface area contributed by atoms with Gasteiger partial charge < -0.3 is 18.9 Å². The van der Waals surface area contributed by atoms with Crippen molar-refractivity contribution < 1.29 is 28.5 Å². The lowest BCUT2D eigenvalue weighted by Crippen LogP contribution is -2.15. The van der Waals surface area contributed by atoms with Crippen molar-refractivity contribution in [3.05, 3.63) is 23.9 Å². The highest BCUT2D eigenvalue weighted by Gasteiger charge is 2.20. The summed E-state index contributed by atoms with van der Waals surface area (Å²) in [5, 5.41) is 10.3. The molecule has 0 fully saturated rings. The van der Waals surface area contributed by atoms with Crippen LogP contribution < -0.4 is 9.47 Å². The van der Waals surface area contributed by atoms with Crippen LogP contribution in [-0.4, -0.2) is 53.8 Å². The van der Waals surface area contributed by atoms with Gasteiger partial charge in [0.15, 0.2) is 23.8 Å². The van der Waals surface area contributed by atoms with Gasteiger partial charge in [-0.3, -0.25) is 0 Å². The second-order valence-corrected chi connectivity index (χ2v) is 4.93. The van der Waals surface area contributed by atoms with E-state index in [4.69, 9.17) is 18.9 Å². The summed E-state index contributed by atoms with van der Waals surface area (Å²) < 4.78 is 20.8. The normalized spacial score (nSPS) is 10.3. The average molecular weight is 363 g/mol. The third kappa shape index (κ3) is 4.71. The predicted octanol–water partition coefficient (Wildman–Crippen LogP) is 1.99.